The van der Waals surface area contributed by atoms with Gasteiger partial charge in [0.25, 0.3) is 0 Å². The average Bonchev–Trinajstić information content (AvgIpc) is 3.91. The lowest BCUT2D eigenvalue weighted by Gasteiger charge is -2.41. The summed E-state index contributed by atoms with van der Waals surface area (Å²) in [5.74, 6) is -3.44. The van der Waals surface area contributed by atoms with Gasteiger partial charge in [0, 0.05) is 53.0 Å². The van der Waals surface area contributed by atoms with Gasteiger partial charge in [-0.25, -0.2) is 9.59 Å². The summed E-state index contributed by atoms with van der Waals surface area (Å²) < 4.78 is 17.7. The monoisotopic (exact) mass is 1110 g/mol. The molecular formula is C60H98N8O11. The highest BCUT2D eigenvalue weighted by molar-refractivity contribution is 5.93. The molecule has 3 rings (SSSR count). The van der Waals surface area contributed by atoms with E-state index in [0.717, 1.165) is 18.4 Å². The molecule has 1 heterocycles. The lowest BCUT2D eigenvalue weighted by atomic mass is 9.89. The number of unbranched alkanes of at least 4 members (excludes halogenated alkanes) is 3. The minimum absolute atomic E-state index is 0.0571. The summed E-state index contributed by atoms with van der Waals surface area (Å²) in [5, 5.41) is 22.6. The summed E-state index contributed by atoms with van der Waals surface area (Å²) in [6.07, 6.45) is 5.71. The van der Waals surface area contributed by atoms with Crippen LogP contribution in [0.5, 0.6) is 0 Å². The molecule has 0 bridgehead atoms. The number of aliphatic hydroxyl groups is 1. The van der Waals surface area contributed by atoms with E-state index in [9.17, 15) is 38.7 Å². The van der Waals surface area contributed by atoms with E-state index in [0.29, 0.717) is 56.4 Å². The van der Waals surface area contributed by atoms with Crippen molar-refractivity contribution in [3.63, 3.8) is 0 Å². The molecule has 0 radical (unpaired) electrons. The largest absolute Gasteiger partial charge is 0.445 e. The number of carbonyl (C=O) groups excluding carboxylic acids is 7. The van der Waals surface area contributed by atoms with E-state index in [-0.39, 0.29) is 60.3 Å². The third kappa shape index (κ3) is 20.4. The maximum atomic E-state index is 14.7. The second-order valence-corrected chi connectivity index (χ2v) is 22.5. The molecule has 79 heavy (non-hydrogen) atoms. The summed E-state index contributed by atoms with van der Waals surface area (Å²) in [7, 11) is 6.21. The Bertz CT molecular complexity index is 2230. The molecule has 8 amide bonds. The smallest absolute Gasteiger partial charge is 0.410 e. The number of ether oxygens (including phenoxy) is 3. The molecule has 1 saturated heterocycles. The van der Waals surface area contributed by atoms with Gasteiger partial charge in [-0.05, 0) is 92.0 Å². The Morgan fingerprint density at radius 3 is 1.99 bits per heavy atom. The van der Waals surface area contributed by atoms with Crippen LogP contribution < -0.4 is 27.0 Å². The molecule has 0 aliphatic carbocycles. The summed E-state index contributed by atoms with van der Waals surface area (Å²) >= 11 is 0. The maximum absolute atomic E-state index is 14.7. The Labute approximate surface area is 471 Å². The molecule has 2 aromatic rings. The second kappa shape index (κ2) is 33.7. The number of hydrogen-bond acceptors (Lipinski definition) is 11. The van der Waals surface area contributed by atoms with Crippen LogP contribution in [-0.4, -0.2) is 145 Å². The number of likely N-dealkylation sites (N-methyl/N-ethyl adjacent to an activating group) is 2. The van der Waals surface area contributed by atoms with Crippen molar-refractivity contribution in [2.75, 3.05) is 46.7 Å². The maximum Gasteiger partial charge on any atom is 0.410 e. The standard InChI is InChI=1S/C60H98N8O11/c1-15-17-18-19-23-43-25-29-45(30-26-43)53(70)42(10)63-56(72)41(9)54(78-14)47-24-21-34-68(47)49(69)35-48(77-13)52(39(7)16-2)66(11)58(74)50(37(3)4)65-57(73)51(38(5)6)67(12)60(76)79-36-44-27-31-46(32-28-44)64-55(71)40(8)22-20-33-62-59(61)75/h25-32,37-42,47-48,50-54,70H,15-24,33-36H2,1-14H3,(H,63,72)(H,64,71)(H,65,73)(H3,61,62,75)/t39-,40-,41+,42+,47-,48+,50-,51-,52-,53+,54+/m0/s1. The number of urea groups is 1. The molecule has 2 aromatic carbocycles. The van der Waals surface area contributed by atoms with Crippen LogP contribution in [-0.2, 0) is 51.2 Å². The molecule has 1 fully saturated rings. The lowest BCUT2D eigenvalue weighted by molar-refractivity contribution is -0.148. The normalized spacial score (nSPS) is 17.3. The van der Waals surface area contributed by atoms with Crippen molar-refractivity contribution in [1.29, 1.82) is 0 Å². The van der Waals surface area contributed by atoms with Crippen LogP contribution >= 0.6 is 0 Å². The van der Waals surface area contributed by atoms with Crippen LogP contribution in [0.15, 0.2) is 48.5 Å². The summed E-state index contributed by atoms with van der Waals surface area (Å²) in [4.78, 5) is 99.0. The van der Waals surface area contributed by atoms with E-state index in [2.05, 4.69) is 28.2 Å². The highest BCUT2D eigenvalue weighted by Gasteiger charge is 2.44. The minimum atomic E-state index is -1.01. The fourth-order valence-electron chi connectivity index (χ4n) is 10.6. The number of primary amides is 1. The number of aliphatic hydroxyl groups excluding tert-OH is 1. The number of nitrogens with two attached hydrogens (primary N) is 1. The van der Waals surface area contributed by atoms with Crippen molar-refractivity contribution in [2.24, 2.45) is 35.3 Å². The van der Waals surface area contributed by atoms with E-state index < -0.39 is 72.5 Å². The van der Waals surface area contributed by atoms with Crippen LogP contribution in [0, 0.1) is 29.6 Å². The number of aryl methyl sites for hydroxylation is 1. The zero-order valence-electron chi connectivity index (χ0n) is 50.0. The number of rotatable bonds is 33. The lowest BCUT2D eigenvalue weighted by Crippen LogP contribution is -2.60. The second-order valence-electron chi connectivity index (χ2n) is 22.5. The summed E-state index contributed by atoms with van der Waals surface area (Å²) in [6.45, 7) is 19.5. The van der Waals surface area contributed by atoms with Crippen molar-refractivity contribution in [1.82, 2.24) is 30.7 Å². The number of benzene rings is 2. The molecule has 0 unspecified atom stereocenters. The Hall–Kier alpha value is -5.79. The van der Waals surface area contributed by atoms with Gasteiger partial charge in [-0.1, -0.05) is 124 Å². The van der Waals surface area contributed by atoms with Gasteiger partial charge in [-0.15, -0.1) is 0 Å². The van der Waals surface area contributed by atoms with Gasteiger partial charge in [0.15, 0.2) is 0 Å². The average molecular weight is 1110 g/mol. The molecule has 7 N–H and O–H groups in total. The summed E-state index contributed by atoms with van der Waals surface area (Å²) in [6, 6.07) is 10.6. The quantitative estimate of drug-likeness (QED) is 0.0378. The van der Waals surface area contributed by atoms with Gasteiger partial charge in [-0.2, -0.15) is 0 Å². The van der Waals surface area contributed by atoms with Crippen LogP contribution in [0.4, 0.5) is 15.3 Å². The van der Waals surface area contributed by atoms with Crippen molar-refractivity contribution in [2.45, 2.75) is 195 Å². The molecular weight excluding hydrogens is 1010 g/mol. The predicted octanol–water partition coefficient (Wildman–Crippen LogP) is 7.72. The van der Waals surface area contributed by atoms with Gasteiger partial charge in [-0.3, -0.25) is 28.9 Å². The SMILES string of the molecule is CCCCCCc1ccc([C@H](O)[C@@H](C)NC(=O)[C@H](C)[C@@H](OC)[C@@H]2CCCN2C(=O)C[C@@H](OC)[C@H]([C@@H](C)CC)N(C)C(=O)[C@@H](NC(=O)[C@H](C(C)C)N(C)C(=O)OCc2ccc(NC(=O)[C@@H](C)CCCNC(N)=O)cc2)C(C)C)cc1. The van der Waals surface area contributed by atoms with Crippen molar-refractivity contribution >= 4 is 47.3 Å². The summed E-state index contributed by atoms with van der Waals surface area (Å²) in [5.41, 5.74) is 8.25. The molecule has 1 aliphatic rings. The highest BCUT2D eigenvalue weighted by atomic mass is 16.6. The third-order valence-electron chi connectivity index (χ3n) is 15.7. The first-order chi connectivity index (χ1) is 37.4. The van der Waals surface area contributed by atoms with Gasteiger partial charge < -0.3 is 56.1 Å². The fraction of sp³-hybridized carbons (Fsp3) is 0.683. The molecule has 19 heteroatoms. The molecule has 0 aromatic heterocycles. The van der Waals surface area contributed by atoms with Gasteiger partial charge in [0.1, 0.15) is 18.7 Å². The Morgan fingerprint density at radius 1 is 0.772 bits per heavy atom. The predicted molar refractivity (Wildman–Crippen MR) is 307 cm³/mol. The van der Waals surface area contributed by atoms with E-state index in [1.165, 1.54) is 43.9 Å². The van der Waals surface area contributed by atoms with Crippen molar-refractivity contribution in [3.05, 3.63) is 65.2 Å². The number of nitrogens with one attached hydrogen (secondary N) is 4. The first kappa shape index (κ1) is 67.5. The number of anilines is 1. The zero-order valence-corrected chi connectivity index (χ0v) is 50.0. The van der Waals surface area contributed by atoms with Crippen LogP contribution in [0.1, 0.15) is 156 Å². The zero-order chi connectivity index (χ0) is 59.1. The minimum Gasteiger partial charge on any atom is -0.445 e. The number of amides is 8. The van der Waals surface area contributed by atoms with Crippen molar-refractivity contribution < 1.29 is 52.9 Å². The van der Waals surface area contributed by atoms with E-state index in [1.807, 2.05) is 52.0 Å². The van der Waals surface area contributed by atoms with Crippen LogP contribution in [0.25, 0.3) is 0 Å². The Morgan fingerprint density at radius 2 is 1.42 bits per heavy atom. The van der Waals surface area contributed by atoms with Gasteiger partial charge in [0.2, 0.25) is 29.5 Å². The van der Waals surface area contributed by atoms with Crippen LogP contribution in [0.3, 0.4) is 0 Å². The topological polar surface area (TPSA) is 251 Å². The third-order valence-corrected chi connectivity index (χ3v) is 15.7. The van der Waals surface area contributed by atoms with E-state index in [4.69, 9.17) is 19.9 Å². The number of methoxy groups -OCH3 is 2. The molecule has 444 valence electrons. The number of carbonyl (C=O) groups is 7. The number of likely N-dealkylation sites (tertiary alicyclic amines) is 1. The first-order valence-electron chi connectivity index (χ1n) is 28.7. The molecule has 11 atom stereocenters. The Balaban J connectivity index is 1.67. The van der Waals surface area contributed by atoms with Gasteiger partial charge >= 0.3 is 12.1 Å². The highest BCUT2D eigenvalue weighted by Crippen LogP contribution is 2.30. The number of nitrogens with zero attached hydrogens (tertiary/aromatic N) is 3. The molecule has 1 aliphatic heterocycles. The van der Waals surface area contributed by atoms with Crippen LogP contribution in [0.2, 0.25) is 0 Å². The van der Waals surface area contributed by atoms with E-state index in [1.54, 1.807) is 82.8 Å². The Kier molecular flexibility index (Phi) is 28.8. The van der Waals surface area contributed by atoms with Gasteiger partial charge in [0.05, 0.1) is 48.8 Å². The molecule has 19 nitrogen and oxygen atoms in total. The van der Waals surface area contributed by atoms with E-state index >= 15 is 0 Å². The molecule has 0 spiro atoms. The molecule has 0 saturated carbocycles. The van der Waals surface area contributed by atoms with Crippen molar-refractivity contribution in [3.8, 4) is 0 Å². The fourth-order valence-corrected chi connectivity index (χ4v) is 10.6. The number of hydrogen-bond donors (Lipinski definition) is 6. The first-order valence-corrected chi connectivity index (χ1v) is 28.7.